The van der Waals surface area contributed by atoms with Crippen LogP contribution in [0.4, 0.5) is 10.1 Å². The number of aromatic carboxylic acids is 1. The van der Waals surface area contributed by atoms with Gasteiger partial charge in [0.1, 0.15) is 40.6 Å². The summed E-state index contributed by atoms with van der Waals surface area (Å²) in [6.45, 7) is 17.2. The summed E-state index contributed by atoms with van der Waals surface area (Å²) in [7, 11) is 5.12. The minimum atomic E-state index is -2.07. The van der Waals surface area contributed by atoms with Gasteiger partial charge in [0.15, 0.2) is 18.7 Å². The molecule has 4 aliphatic rings. The van der Waals surface area contributed by atoms with E-state index >= 15 is 4.39 Å². The molecule has 0 bridgehead atoms. The van der Waals surface area contributed by atoms with E-state index in [1.54, 1.807) is 46.1 Å². The molecule has 1 aromatic carbocycles. The zero-order valence-electron chi connectivity index (χ0n) is 47.7. The smallest absolute Gasteiger partial charge is 0.341 e. The van der Waals surface area contributed by atoms with Crippen LogP contribution >= 0.6 is 0 Å². The number of aliphatic hydroxyl groups is 4. The number of likely N-dealkylation sites (N-methyl/N-ethyl adjacent to an activating group) is 1. The van der Waals surface area contributed by atoms with Gasteiger partial charge in [-0.1, -0.05) is 27.7 Å². The molecule has 18 atom stereocenters. The van der Waals surface area contributed by atoms with Gasteiger partial charge in [-0.05, 0) is 113 Å². The third kappa shape index (κ3) is 14.1. The van der Waals surface area contributed by atoms with Crippen LogP contribution in [0, 0.1) is 29.5 Å². The number of ether oxygens (including phenoxy) is 7. The first-order chi connectivity index (χ1) is 36.5. The summed E-state index contributed by atoms with van der Waals surface area (Å²) < 4.78 is 61.2. The average molecular weight is 1110 g/mol. The molecule has 4 heterocycles. The molecule has 78 heavy (non-hydrogen) atoms. The number of aromatic nitrogens is 1. The first kappa shape index (κ1) is 63.0. The number of Topliss-reactive ketones (excluding diaryl/α,β-unsaturated/α-hetero) is 1. The molecule has 3 saturated heterocycles. The van der Waals surface area contributed by atoms with Crippen LogP contribution in [0.2, 0.25) is 0 Å². The fourth-order valence-corrected chi connectivity index (χ4v) is 11.9. The van der Waals surface area contributed by atoms with Gasteiger partial charge in [0, 0.05) is 68.0 Å². The minimum Gasteiger partial charge on any atom is -0.477 e. The van der Waals surface area contributed by atoms with E-state index in [1.807, 2.05) is 25.9 Å². The number of pyridine rings is 1. The normalized spacial score (nSPS) is 37.4. The number of benzene rings is 1. The first-order valence-corrected chi connectivity index (χ1v) is 27.6. The third-order valence-electron chi connectivity index (χ3n) is 16.7. The number of aliphatic hydroxyl groups excluding tert-OH is 2. The monoisotopic (exact) mass is 1110 g/mol. The number of cyclic esters (lactones) is 1. The molecule has 7 N–H and O–H groups in total. The number of ketones is 1. The highest BCUT2D eigenvalue weighted by molar-refractivity contribution is 5.93. The Morgan fingerprint density at radius 2 is 1.60 bits per heavy atom. The van der Waals surface area contributed by atoms with Crippen molar-refractivity contribution in [2.45, 2.75) is 211 Å². The number of nitrogens with zero attached hydrogens (tertiary/aromatic N) is 2. The van der Waals surface area contributed by atoms with Crippen molar-refractivity contribution in [1.82, 2.24) is 14.8 Å². The van der Waals surface area contributed by atoms with E-state index in [4.69, 9.17) is 33.2 Å². The number of carbonyl (C=O) groups is 4. The molecule has 2 aromatic rings. The van der Waals surface area contributed by atoms with Crippen molar-refractivity contribution in [3.8, 4) is 0 Å². The van der Waals surface area contributed by atoms with Crippen molar-refractivity contribution >= 4 is 40.3 Å². The molecule has 6 rings (SSSR count). The second-order valence-electron chi connectivity index (χ2n) is 23.4. The number of hydrogen-bond acceptors (Lipinski definition) is 19. The van der Waals surface area contributed by atoms with Crippen molar-refractivity contribution in [3.63, 3.8) is 0 Å². The van der Waals surface area contributed by atoms with E-state index in [1.165, 1.54) is 40.1 Å². The van der Waals surface area contributed by atoms with E-state index in [9.17, 15) is 49.5 Å². The Balaban J connectivity index is 1.14. The van der Waals surface area contributed by atoms with E-state index in [-0.39, 0.29) is 61.5 Å². The van der Waals surface area contributed by atoms with E-state index in [0.29, 0.717) is 31.4 Å². The summed E-state index contributed by atoms with van der Waals surface area (Å²) in [6.07, 6.45) is -7.27. The van der Waals surface area contributed by atoms with Crippen LogP contribution in [-0.4, -0.2) is 184 Å². The Bertz CT molecular complexity index is 2490. The zero-order chi connectivity index (χ0) is 57.9. The predicted octanol–water partition coefficient (Wildman–Crippen LogP) is 4.31. The molecular weight excluding hydrogens is 1020 g/mol. The quantitative estimate of drug-likeness (QED) is 0.0809. The fourth-order valence-electron chi connectivity index (χ4n) is 11.9. The number of hydrogen-bond donors (Lipinski definition) is 7. The number of esters is 2. The number of halogens is 1. The van der Waals surface area contributed by atoms with Crippen molar-refractivity contribution < 1.29 is 82.3 Å². The second kappa shape index (κ2) is 25.7. The lowest BCUT2D eigenvalue weighted by molar-refractivity contribution is -0.318. The summed E-state index contributed by atoms with van der Waals surface area (Å²) in [6, 6.07) is 2.26. The van der Waals surface area contributed by atoms with Crippen LogP contribution in [0.25, 0.3) is 10.9 Å². The van der Waals surface area contributed by atoms with Gasteiger partial charge < -0.3 is 78.8 Å². The molecule has 0 spiro atoms. The highest BCUT2D eigenvalue weighted by atomic mass is 19.1. The number of carboxylic acids is 1. The van der Waals surface area contributed by atoms with E-state index < -0.39 is 136 Å². The number of rotatable bonds is 18. The number of carboxylic acid groups (broad SMARTS) is 1. The van der Waals surface area contributed by atoms with Crippen LogP contribution in [0.3, 0.4) is 0 Å². The second-order valence-corrected chi connectivity index (χ2v) is 23.4. The predicted molar refractivity (Wildman–Crippen MR) is 284 cm³/mol. The molecule has 0 amide bonds. The van der Waals surface area contributed by atoms with Gasteiger partial charge in [0.2, 0.25) is 5.43 Å². The van der Waals surface area contributed by atoms with Gasteiger partial charge in [0.25, 0.3) is 0 Å². The van der Waals surface area contributed by atoms with Crippen LogP contribution in [0.5, 0.6) is 0 Å². The molecule has 1 aromatic heterocycles. The SMILES string of the molecule is CC[C@H]1OC(=O)[C@H](C)[C@@H](O[C@H]2C[C@@](C)(OC)[C@@H](OC(=O)CCNCCCNc3cc4c(cc3F)c(=O)c(C(=O)O)cn4C3CC3)[C@H](C)O2)[C@H](C)[C@@H](O[C@@H]2O[C@H](C)C[C@H](N(C)C)[C@H]2O)[C@](C)(O)C[C@@H](C)C(=O)[C@H](C)[C@@H](O)[C@]1(C)O. The zero-order valence-corrected chi connectivity index (χ0v) is 47.7. The van der Waals surface area contributed by atoms with Crippen molar-refractivity contribution in [1.29, 1.82) is 0 Å². The van der Waals surface area contributed by atoms with Crippen LogP contribution < -0.4 is 16.1 Å². The molecule has 440 valence electrons. The Morgan fingerprint density at radius 1 is 0.923 bits per heavy atom. The maximum absolute atomic E-state index is 15.2. The van der Waals surface area contributed by atoms with Gasteiger partial charge in [-0.2, -0.15) is 0 Å². The maximum atomic E-state index is 15.2. The molecule has 4 fully saturated rings. The summed E-state index contributed by atoms with van der Waals surface area (Å²) in [5.74, 6) is -8.00. The Labute approximate surface area is 456 Å². The summed E-state index contributed by atoms with van der Waals surface area (Å²) >= 11 is 0. The number of nitrogens with one attached hydrogen (secondary N) is 2. The first-order valence-electron chi connectivity index (χ1n) is 27.6. The molecule has 21 nitrogen and oxygen atoms in total. The Hall–Kier alpha value is -4.20. The van der Waals surface area contributed by atoms with Gasteiger partial charge >= 0.3 is 17.9 Å². The standard InChI is InChI=1S/C56H87FN4O17/c1-14-41-56(10,71)48(66)30(4)44(63)28(2)25-54(8,70)49(78-53-46(65)40(60(11)12)22-29(3)73-53)31(5)47(32(6)52(69)75-41)77-43-26-55(9,72-13)50(33(7)74-43)76-42(62)18-21-58-19-15-20-59-38-24-39-35(23-37(38)57)45(64)36(51(67)68)27-61(39)34-16-17-34/h23-24,27-34,40-41,43,46-50,53,58-59,65-66,70-71H,14-22,25-26H2,1-13H3,(H,67,68)/t28-,29-,30+,31+,32-,33+,40+,41-,43+,46-,47+,48-,49-,50+,53+,54-,55-,56-/m1/s1. The molecule has 0 radical (unpaired) electrons. The molecule has 3 aliphatic heterocycles. The largest absolute Gasteiger partial charge is 0.477 e. The molecule has 0 unspecified atom stereocenters. The Morgan fingerprint density at radius 3 is 2.22 bits per heavy atom. The van der Waals surface area contributed by atoms with Crippen LogP contribution in [0.1, 0.15) is 137 Å². The van der Waals surface area contributed by atoms with Gasteiger partial charge in [-0.15, -0.1) is 0 Å². The lowest BCUT2D eigenvalue weighted by Gasteiger charge is -2.49. The number of carbonyl (C=O) groups excluding carboxylic acids is 3. The van der Waals surface area contributed by atoms with Crippen LogP contribution in [-0.2, 0) is 47.5 Å². The minimum absolute atomic E-state index is 0.00431. The fraction of sp³-hybridized carbons (Fsp3) is 0.768. The molecule has 22 heteroatoms. The summed E-state index contributed by atoms with van der Waals surface area (Å²) in [5.41, 5.74) is -5.67. The summed E-state index contributed by atoms with van der Waals surface area (Å²) in [5, 5.41) is 63.5. The third-order valence-corrected chi connectivity index (χ3v) is 16.7. The van der Waals surface area contributed by atoms with Crippen molar-refractivity contribution in [2.75, 3.05) is 46.2 Å². The highest BCUT2D eigenvalue weighted by Gasteiger charge is 2.54. The van der Waals surface area contributed by atoms with Crippen molar-refractivity contribution in [3.05, 3.63) is 39.9 Å². The Kier molecular flexibility index (Phi) is 20.8. The molecule has 1 aliphatic carbocycles. The maximum Gasteiger partial charge on any atom is 0.341 e. The van der Waals surface area contributed by atoms with Crippen LogP contribution in [0.15, 0.2) is 23.1 Å². The van der Waals surface area contributed by atoms with Gasteiger partial charge in [-0.25, -0.2) is 9.18 Å². The molecular formula is C56H87FN4O17. The summed E-state index contributed by atoms with van der Waals surface area (Å²) in [4.78, 5) is 68.4. The lowest BCUT2D eigenvalue weighted by Crippen LogP contribution is -2.61. The number of anilines is 1. The lowest BCUT2D eigenvalue weighted by atomic mass is 9.74. The van der Waals surface area contributed by atoms with Crippen molar-refractivity contribution in [2.24, 2.45) is 23.7 Å². The number of methoxy groups -OCH3 is 1. The average Bonchev–Trinajstić information content (AvgIpc) is 4.24. The van der Waals surface area contributed by atoms with Gasteiger partial charge in [0.05, 0.1) is 59.7 Å². The molecule has 1 saturated carbocycles. The van der Waals surface area contributed by atoms with Gasteiger partial charge in [-0.3, -0.25) is 19.2 Å². The van der Waals surface area contributed by atoms with E-state index in [2.05, 4.69) is 10.6 Å². The highest BCUT2D eigenvalue weighted by Crippen LogP contribution is 2.42. The topological polar surface area (TPSA) is 283 Å². The van der Waals surface area contributed by atoms with E-state index in [0.717, 1.165) is 18.9 Å². The number of fused-ring (bicyclic) bond motifs is 1.